The van der Waals surface area contributed by atoms with Gasteiger partial charge in [-0.15, -0.1) is 11.8 Å². The molecule has 0 saturated carbocycles. The average Bonchev–Trinajstić information content (AvgIpc) is 2.60. The number of hydrogen-bond donors (Lipinski definition) is 1. The number of benzene rings is 2. The number of nitrogens with zero attached hydrogens (tertiary/aromatic N) is 1. The lowest BCUT2D eigenvalue weighted by Crippen LogP contribution is -2.35. The van der Waals surface area contributed by atoms with Crippen molar-refractivity contribution in [3.05, 3.63) is 59.2 Å². The Morgan fingerprint density at radius 3 is 2.86 bits per heavy atom. The molecule has 0 fully saturated rings. The summed E-state index contributed by atoms with van der Waals surface area (Å²) in [6.45, 7) is 1.31. The molecule has 1 aliphatic heterocycles. The van der Waals surface area contributed by atoms with Gasteiger partial charge in [-0.25, -0.2) is 0 Å². The van der Waals surface area contributed by atoms with Gasteiger partial charge in [0, 0.05) is 23.7 Å². The van der Waals surface area contributed by atoms with Gasteiger partial charge in [-0.2, -0.15) is 0 Å². The van der Waals surface area contributed by atoms with Crippen LogP contribution in [0, 0.1) is 0 Å². The molecule has 0 unspecified atom stereocenters. The van der Waals surface area contributed by atoms with E-state index in [2.05, 4.69) is 6.07 Å². The molecule has 1 amide bonds. The van der Waals surface area contributed by atoms with Crippen LogP contribution in [0.1, 0.15) is 27.9 Å². The highest BCUT2D eigenvalue weighted by molar-refractivity contribution is 7.98. The number of aryl methyl sites for hydroxylation is 1. The molecule has 0 atom stereocenters. The van der Waals surface area contributed by atoms with Gasteiger partial charge in [-0.1, -0.05) is 24.3 Å². The highest BCUT2D eigenvalue weighted by atomic mass is 32.2. The topological polar surface area (TPSA) is 46.3 Å². The molecule has 0 bridgehead atoms. The molecule has 0 aliphatic carbocycles. The molecular formula is C18H20N2OS. The van der Waals surface area contributed by atoms with Crippen molar-refractivity contribution >= 4 is 23.4 Å². The molecule has 0 radical (unpaired) electrons. The summed E-state index contributed by atoms with van der Waals surface area (Å²) in [5.41, 5.74) is 9.89. The summed E-state index contributed by atoms with van der Waals surface area (Å²) in [7, 11) is 0. The maximum atomic E-state index is 13.0. The molecule has 0 spiro atoms. The summed E-state index contributed by atoms with van der Waals surface area (Å²) in [5.74, 6) is 0.0893. The van der Waals surface area contributed by atoms with E-state index in [1.807, 2.05) is 47.6 Å². The molecule has 2 aromatic carbocycles. The van der Waals surface area contributed by atoms with E-state index in [4.69, 9.17) is 5.73 Å². The second-order valence-electron chi connectivity index (χ2n) is 5.43. The van der Waals surface area contributed by atoms with E-state index in [9.17, 15) is 4.79 Å². The van der Waals surface area contributed by atoms with Gasteiger partial charge in [0.05, 0.1) is 5.56 Å². The zero-order chi connectivity index (χ0) is 15.5. The van der Waals surface area contributed by atoms with Gasteiger partial charge in [0.2, 0.25) is 0 Å². The first-order valence-corrected chi connectivity index (χ1v) is 8.74. The summed E-state index contributed by atoms with van der Waals surface area (Å²) in [6.07, 6.45) is 4.01. The number of anilines is 1. The Morgan fingerprint density at radius 1 is 1.27 bits per heavy atom. The second-order valence-corrected chi connectivity index (χ2v) is 6.28. The van der Waals surface area contributed by atoms with Crippen LogP contribution >= 0.6 is 11.8 Å². The van der Waals surface area contributed by atoms with Crippen LogP contribution < -0.4 is 10.6 Å². The summed E-state index contributed by atoms with van der Waals surface area (Å²) in [4.78, 5) is 15.9. The highest BCUT2D eigenvalue weighted by Gasteiger charge is 2.25. The van der Waals surface area contributed by atoms with E-state index in [1.165, 1.54) is 5.56 Å². The number of nitrogens with two attached hydrogens (primary N) is 1. The van der Waals surface area contributed by atoms with Gasteiger partial charge in [0.15, 0.2) is 0 Å². The number of thioether (sulfide) groups is 1. The van der Waals surface area contributed by atoms with E-state index < -0.39 is 0 Å². The van der Waals surface area contributed by atoms with Crippen LogP contribution in [0.4, 0.5) is 5.69 Å². The smallest absolute Gasteiger partial charge is 0.259 e. The maximum absolute atomic E-state index is 13.0. The lowest BCUT2D eigenvalue weighted by atomic mass is 9.98. The quantitative estimate of drug-likeness (QED) is 0.883. The normalized spacial score (nSPS) is 13.8. The third-order valence-corrected chi connectivity index (χ3v) is 4.88. The predicted octanol–water partition coefficient (Wildman–Crippen LogP) is 3.46. The fourth-order valence-electron chi connectivity index (χ4n) is 2.96. The Labute approximate surface area is 135 Å². The summed E-state index contributed by atoms with van der Waals surface area (Å²) < 4.78 is 0. The van der Waals surface area contributed by atoms with Crippen molar-refractivity contribution in [3.63, 3.8) is 0 Å². The predicted molar refractivity (Wildman–Crippen MR) is 92.6 cm³/mol. The molecule has 114 valence electrons. The van der Waals surface area contributed by atoms with Crippen LogP contribution in [0.3, 0.4) is 0 Å². The van der Waals surface area contributed by atoms with Crippen molar-refractivity contribution < 1.29 is 4.79 Å². The number of rotatable bonds is 3. The minimum atomic E-state index is 0.0893. The second kappa shape index (κ2) is 6.55. The summed E-state index contributed by atoms with van der Waals surface area (Å²) in [5, 5.41) is 0. The van der Waals surface area contributed by atoms with Crippen LogP contribution in [-0.4, -0.2) is 18.7 Å². The van der Waals surface area contributed by atoms with Gasteiger partial charge >= 0.3 is 0 Å². The first-order valence-electron chi connectivity index (χ1n) is 7.51. The number of carbonyl (C=O) groups is 1. The Hall–Kier alpha value is -1.78. The third-order valence-electron chi connectivity index (χ3n) is 4.08. The SMILES string of the molecule is CSc1ccccc1C(=O)N1CCCc2cc(CN)ccc21. The standard InChI is InChI=1S/C18H20N2OS/c1-22-17-7-3-2-6-15(17)18(21)20-10-4-5-14-11-13(12-19)8-9-16(14)20/h2-3,6-9,11H,4-5,10,12,19H2,1H3. The minimum Gasteiger partial charge on any atom is -0.326 e. The van der Waals surface area contributed by atoms with Crippen molar-refractivity contribution in [2.24, 2.45) is 5.73 Å². The Bertz CT molecular complexity index is 699. The minimum absolute atomic E-state index is 0.0893. The van der Waals surface area contributed by atoms with Crippen LogP contribution in [0.25, 0.3) is 0 Å². The molecule has 22 heavy (non-hydrogen) atoms. The number of hydrogen-bond acceptors (Lipinski definition) is 3. The van der Waals surface area contributed by atoms with E-state index in [1.54, 1.807) is 11.8 Å². The van der Waals surface area contributed by atoms with Gasteiger partial charge in [-0.05, 0) is 48.4 Å². The monoisotopic (exact) mass is 312 g/mol. The van der Waals surface area contributed by atoms with Crippen LogP contribution in [0.2, 0.25) is 0 Å². The van der Waals surface area contributed by atoms with E-state index in [-0.39, 0.29) is 5.91 Å². The van der Waals surface area contributed by atoms with E-state index in [0.29, 0.717) is 6.54 Å². The van der Waals surface area contributed by atoms with Crippen LogP contribution in [-0.2, 0) is 13.0 Å². The number of carbonyl (C=O) groups excluding carboxylic acids is 1. The molecule has 1 heterocycles. The third kappa shape index (κ3) is 2.76. The summed E-state index contributed by atoms with van der Waals surface area (Å²) >= 11 is 1.61. The molecule has 0 saturated heterocycles. The lowest BCUT2D eigenvalue weighted by Gasteiger charge is -2.30. The van der Waals surface area contributed by atoms with Crippen LogP contribution in [0.5, 0.6) is 0 Å². The van der Waals surface area contributed by atoms with Crippen molar-refractivity contribution in [1.82, 2.24) is 0 Å². The van der Waals surface area contributed by atoms with Gasteiger partial charge in [-0.3, -0.25) is 4.79 Å². The van der Waals surface area contributed by atoms with E-state index >= 15 is 0 Å². The first kappa shape index (κ1) is 15.1. The van der Waals surface area contributed by atoms with Gasteiger partial charge in [0.1, 0.15) is 0 Å². The fourth-order valence-corrected chi connectivity index (χ4v) is 3.55. The van der Waals surface area contributed by atoms with Crippen molar-refractivity contribution in [2.75, 3.05) is 17.7 Å². The Morgan fingerprint density at radius 2 is 2.09 bits per heavy atom. The summed E-state index contributed by atoms with van der Waals surface area (Å²) in [6, 6.07) is 14.0. The van der Waals surface area contributed by atoms with Gasteiger partial charge in [0.25, 0.3) is 5.91 Å². The fraction of sp³-hybridized carbons (Fsp3) is 0.278. The van der Waals surface area contributed by atoms with Crippen LogP contribution in [0.15, 0.2) is 47.4 Å². The zero-order valence-electron chi connectivity index (χ0n) is 12.7. The lowest BCUT2D eigenvalue weighted by molar-refractivity contribution is 0.0982. The number of amides is 1. The average molecular weight is 312 g/mol. The molecule has 3 rings (SSSR count). The molecular weight excluding hydrogens is 292 g/mol. The molecule has 4 heteroatoms. The molecule has 2 aromatic rings. The van der Waals surface area contributed by atoms with Crippen molar-refractivity contribution in [1.29, 1.82) is 0 Å². The van der Waals surface area contributed by atoms with Crippen molar-refractivity contribution in [3.8, 4) is 0 Å². The van der Waals surface area contributed by atoms with Gasteiger partial charge < -0.3 is 10.6 Å². The Kier molecular flexibility index (Phi) is 4.50. The van der Waals surface area contributed by atoms with E-state index in [0.717, 1.165) is 41.1 Å². The molecule has 3 nitrogen and oxygen atoms in total. The Balaban J connectivity index is 1.98. The molecule has 1 aliphatic rings. The maximum Gasteiger partial charge on any atom is 0.259 e. The molecule has 0 aromatic heterocycles. The first-order chi connectivity index (χ1) is 10.7. The molecule has 2 N–H and O–H groups in total. The van der Waals surface area contributed by atoms with Crippen molar-refractivity contribution in [2.45, 2.75) is 24.3 Å². The zero-order valence-corrected chi connectivity index (χ0v) is 13.5. The number of fused-ring (bicyclic) bond motifs is 1. The highest BCUT2D eigenvalue weighted by Crippen LogP contribution is 2.31. The largest absolute Gasteiger partial charge is 0.326 e.